The number of rotatable bonds is 6. The number of aryl methyl sites for hydroxylation is 4. The topological polar surface area (TPSA) is 106 Å². The van der Waals surface area contributed by atoms with Crippen molar-refractivity contribution < 1.29 is 9.90 Å². The summed E-state index contributed by atoms with van der Waals surface area (Å²) in [5.41, 5.74) is 3.98. The molecule has 8 nitrogen and oxygen atoms in total. The van der Waals surface area contributed by atoms with E-state index in [-0.39, 0.29) is 22.3 Å². The van der Waals surface area contributed by atoms with Crippen molar-refractivity contribution in [3.63, 3.8) is 0 Å². The first-order valence-electron chi connectivity index (χ1n) is 11.2. The van der Waals surface area contributed by atoms with Gasteiger partial charge in [-0.2, -0.15) is 0 Å². The quantitative estimate of drug-likeness (QED) is 0.401. The van der Waals surface area contributed by atoms with Crippen molar-refractivity contribution in [2.75, 3.05) is 11.1 Å². The highest BCUT2D eigenvalue weighted by atomic mass is 32.2. The fourth-order valence-corrected chi connectivity index (χ4v) is 4.62. The Balaban J connectivity index is 1.99. The Labute approximate surface area is 208 Å². The van der Waals surface area contributed by atoms with E-state index >= 15 is 0 Å². The number of nitrogens with zero attached hydrogens (tertiary/aromatic N) is 3. The van der Waals surface area contributed by atoms with Gasteiger partial charge in [0.2, 0.25) is 11.8 Å². The largest absolute Gasteiger partial charge is 0.494 e. The van der Waals surface area contributed by atoms with Crippen LogP contribution < -0.4 is 16.6 Å². The monoisotopic (exact) mass is 494 g/mol. The molecule has 0 bridgehead atoms. The van der Waals surface area contributed by atoms with E-state index in [0.29, 0.717) is 5.69 Å². The minimum absolute atomic E-state index is 0.0515. The summed E-state index contributed by atoms with van der Waals surface area (Å²) in [6.07, 6.45) is 0.867. The zero-order chi connectivity index (χ0) is 25.9. The molecule has 0 atom stereocenters. The van der Waals surface area contributed by atoms with E-state index in [9.17, 15) is 19.5 Å². The number of carbonyl (C=O) groups excluding carboxylic acids is 1. The molecule has 9 heteroatoms. The smallest absolute Gasteiger partial charge is 0.333 e. The van der Waals surface area contributed by atoms with Gasteiger partial charge in [0.15, 0.2) is 0 Å². The first-order chi connectivity index (χ1) is 16.5. The molecule has 3 rings (SSSR count). The van der Waals surface area contributed by atoms with Crippen LogP contribution >= 0.6 is 11.8 Å². The maximum absolute atomic E-state index is 12.9. The molecule has 0 spiro atoms. The maximum atomic E-state index is 12.9. The Morgan fingerprint density at radius 3 is 2.20 bits per heavy atom. The van der Waals surface area contributed by atoms with Crippen LogP contribution in [0.4, 0.5) is 11.4 Å². The van der Waals surface area contributed by atoms with Gasteiger partial charge in [0.05, 0.1) is 11.4 Å². The molecule has 2 N–H and O–H groups in total. The van der Waals surface area contributed by atoms with E-state index in [2.05, 4.69) is 10.3 Å². The molecule has 184 valence electrons. The van der Waals surface area contributed by atoms with Crippen LogP contribution in [-0.2, 0) is 25.3 Å². The van der Waals surface area contributed by atoms with Crippen LogP contribution in [0.5, 0.6) is 5.88 Å². The number of hydrogen-bond donors (Lipinski definition) is 2. The number of aromatic hydroxyl groups is 1. The second-order valence-corrected chi connectivity index (χ2v) is 9.42. The van der Waals surface area contributed by atoms with Gasteiger partial charge in [-0.1, -0.05) is 48.5 Å². The number of hydrogen-bond acceptors (Lipinski definition) is 6. The number of nitrogens with one attached hydrogen (secondary N) is 1. The number of carbonyl (C=O) groups is 1. The molecular formula is C26H30N4O4S. The Morgan fingerprint density at radius 2 is 1.63 bits per heavy atom. The molecule has 0 aliphatic rings. The van der Waals surface area contributed by atoms with Crippen molar-refractivity contribution in [1.29, 1.82) is 0 Å². The van der Waals surface area contributed by atoms with E-state index in [4.69, 9.17) is 0 Å². The molecule has 1 heterocycles. The minimum atomic E-state index is -0.687. The highest BCUT2D eigenvalue weighted by Gasteiger charge is 2.22. The molecule has 0 fully saturated rings. The number of thioether (sulfide) groups is 1. The molecule has 0 saturated heterocycles. The molecule has 0 unspecified atom stereocenters. The van der Waals surface area contributed by atoms with Crippen molar-refractivity contribution in [2.45, 2.75) is 34.1 Å². The molecule has 1 amide bonds. The fraction of sp³-hybridized carbons (Fsp3) is 0.308. The Kier molecular flexibility index (Phi) is 8.01. The SMILES string of the molecule is CCc1ccc(N=C(SCC(=O)Nc2c(C)cc(C)cc2C)c2c(O)n(C)c(=O)n(C)c2=O)cc1. The number of benzene rings is 2. The summed E-state index contributed by atoms with van der Waals surface area (Å²) in [6, 6.07) is 11.5. The van der Waals surface area contributed by atoms with Crippen molar-refractivity contribution in [3.8, 4) is 5.88 Å². The van der Waals surface area contributed by atoms with Gasteiger partial charge >= 0.3 is 5.69 Å². The zero-order valence-electron chi connectivity index (χ0n) is 20.8. The molecule has 0 saturated carbocycles. The first-order valence-corrected chi connectivity index (χ1v) is 12.2. The highest BCUT2D eigenvalue weighted by Crippen LogP contribution is 2.25. The van der Waals surface area contributed by atoms with E-state index in [1.807, 2.05) is 64.1 Å². The summed E-state index contributed by atoms with van der Waals surface area (Å²) in [5.74, 6) is -0.829. The van der Waals surface area contributed by atoms with E-state index in [0.717, 1.165) is 55.3 Å². The standard InChI is InChI=1S/C26H30N4O4S/c1-7-18-8-10-19(11-9-18)27-23(21-24(32)29(5)26(34)30(6)25(21)33)35-14-20(31)28-22-16(3)12-15(2)13-17(22)4/h8-13,32H,7,14H2,1-6H3,(H,28,31). The van der Waals surface area contributed by atoms with E-state index in [1.54, 1.807) is 0 Å². The van der Waals surface area contributed by atoms with Crippen LogP contribution in [0, 0.1) is 20.8 Å². The van der Waals surface area contributed by atoms with Gasteiger partial charge in [-0.3, -0.25) is 18.7 Å². The summed E-state index contributed by atoms with van der Waals surface area (Å²) < 4.78 is 1.89. The summed E-state index contributed by atoms with van der Waals surface area (Å²) in [7, 11) is 2.70. The summed E-state index contributed by atoms with van der Waals surface area (Å²) in [4.78, 5) is 42.6. The normalized spacial score (nSPS) is 11.5. The van der Waals surface area contributed by atoms with Crippen LogP contribution in [-0.4, -0.2) is 30.9 Å². The third-order valence-corrected chi connectivity index (χ3v) is 6.68. The molecule has 0 aliphatic carbocycles. The molecule has 0 aliphatic heterocycles. The Hall–Kier alpha value is -3.59. The van der Waals surface area contributed by atoms with Crippen molar-refractivity contribution in [1.82, 2.24) is 9.13 Å². The van der Waals surface area contributed by atoms with Gasteiger partial charge in [0.25, 0.3) is 5.56 Å². The minimum Gasteiger partial charge on any atom is -0.494 e. The molecular weight excluding hydrogens is 464 g/mol. The Bertz CT molecular complexity index is 1400. The summed E-state index contributed by atoms with van der Waals surface area (Å²) in [5, 5.41) is 13.8. The predicted molar refractivity (Wildman–Crippen MR) is 142 cm³/mol. The fourth-order valence-electron chi connectivity index (χ4n) is 3.79. The van der Waals surface area contributed by atoms with Crippen molar-refractivity contribution >= 4 is 34.1 Å². The van der Waals surface area contributed by atoms with Gasteiger partial charge in [-0.25, -0.2) is 9.79 Å². The molecule has 0 radical (unpaired) electrons. The lowest BCUT2D eigenvalue weighted by molar-refractivity contribution is -0.113. The van der Waals surface area contributed by atoms with Gasteiger partial charge in [0.1, 0.15) is 10.6 Å². The zero-order valence-corrected chi connectivity index (χ0v) is 21.6. The second kappa shape index (κ2) is 10.8. The summed E-state index contributed by atoms with van der Waals surface area (Å²) in [6.45, 7) is 7.91. The second-order valence-electron chi connectivity index (χ2n) is 8.45. The van der Waals surface area contributed by atoms with E-state index < -0.39 is 17.1 Å². The third kappa shape index (κ3) is 5.74. The predicted octanol–water partition coefficient (Wildman–Crippen LogP) is 3.73. The lowest BCUT2D eigenvalue weighted by atomic mass is 10.1. The molecule has 1 aromatic heterocycles. The molecule has 35 heavy (non-hydrogen) atoms. The molecule has 2 aromatic carbocycles. The number of amides is 1. The van der Waals surface area contributed by atoms with Crippen LogP contribution in [0.2, 0.25) is 0 Å². The van der Waals surface area contributed by atoms with Gasteiger partial charge in [0, 0.05) is 19.8 Å². The van der Waals surface area contributed by atoms with Gasteiger partial charge in [-0.05, 0) is 56.0 Å². The Morgan fingerprint density at radius 1 is 1.03 bits per heavy atom. The highest BCUT2D eigenvalue weighted by molar-refractivity contribution is 8.15. The average molecular weight is 495 g/mol. The van der Waals surface area contributed by atoms with Crippen molar-refractivity contribution in [3.05, 3.63) is 85.1 Å². The van der Waals surface area contributed by atoms with Crippen LogP contribution in [0.3, 0.4) is 0 Å². The molecule has 3 aromatic rings. The lowest BCUT2D eigenvalue weighted by Gasteiger charge is -2.14. The van der Waals surface area contributed by atoms with Crippen molar-refractivity contribution in [2.24, 2.45) is 19.1 Å². The van der Waals surface area contributed by atoms with Crippen LogP contribution in [0.1, 0.15) is 34.7 Å². The number of anilines is 1. The van der Waals surface area contributed by atoms with Crippen LogP contribution in [0.15, 0.2) is 51.0 Å². The first kappa shape index (κ1) is 26.0. The van der Waals surface area contributed by atoms with E-state index in [1.165, 1.54) is 14.1 Å². The van der Waals surface area contributed by atoms with Gasteiger partial charge in [-0.15, -0.1) is 0 Å². The number of aromatic nitrogens is 2. The maximum Gasteiger partial charge on any atom is 0.333 e. The average Bonchev–Trinajstić information content (AvgIpc) is 2.82. The number of aliphatic imine (C=N–C) groups is 1. The third-order valence-electron chi connectivity index (χ3n) is 5.70. The lowest BCUT2D eigenvalue weighted by Crippen LogP contribution is -2.39. The summed E-state index contributed by atoms with van der Waals surface area (Å²) >= 11 is 1.02. The van der Waals surface area contributed by atoms with Gasteiger partial charge < -0.3 is 10.4 Å². The van der Waals surface area contributed by atoms with Crippen LogP contribution in [0.25, 0.3) is 0 Å².